The molecule has 11 aromatic rings. The normalized spacial score (nSPS) is 15.1. The van der Waals surface area contributed by atoms with E-state index >= 15 is 0 Å². The summed E-state index contributed by atoms with van der Waals surface area (Å²) in [5.41, 5.74) is 25.2. The van der Waals surface area contributed by atoms with Gasteiger partial charge in [0.1, 0.15) is 18.2 Å². The molecule has 0 bridgehead atoms. The third kappa shape index (κ3) is 8.56. The molecular formula is C69H54N6. The fourth-order valence-corrected chi connectivity index (χ4v) is 11.1. The zero-order chi connectivity index (χ0) is 50.4. The number of fused-ring (bicyclic) bond motifs is 3. The molecule has 13 rings (SSSR count). The van der Waals surface area contributed by atoms with Crippen LogP contribution in [0, 0.1) is 5.92 Å². The van der Waals surface area contributed by atoms with Crippen molar-refractivity contribution in [1.29, 1.82) is 0 Å². The van der Waals surface area contributed by atoms with E-state index < -0.39 is 0 Å². The number of rotatable bonds is 10. The highest BCUT2D eigenvalue weighted by atomic mass is 15.3. The summed E-state index contributed by atoms with van der Waals surface area (Å²) >= 11 is 0. The first-order chi connectivity index (χ1) is 36.9. The Morgan fingerprint density at radius 2 is 1.03 bits per heavy atom. The molecule has 75 heavy (non-hydrogen) atoms. The molecule has 0 saturated heterocycles. The van der Waals surface area contributed by atoms with E-state index in [0.29, 0.717) is 11.8 Å². The van der Waals surface area contributed by atoms with Gasteiger partial charge in [-0.2, -0.15) is 0 Å². The van der Waals surface area contributed by atoms with Gasteiger partial charge in [0, 0.05) is 28.1 Å². The summed E-state index contributed by atoms with van der Waals surface area (Å²) in [6.45, 7) is 4.56. The molecule has 0 fully saturated rings. The fourth-order valence-electron chi connectivity index (χ4n) is 11.1. The maximum absolute atomic E-state index is 6.59. The number of amidine groups is 2. The number of nitrogens with two attached hydrogens (primary N) is 1. The second-order valence-corrected chi connectivity index (χ2v) is 19.9. The topological polar surface area (TPSA) is 78.0 Å². The first kappa shape index (κ1) is 45.4. The Kier molecular flexibility index (Phi) is 11.6. The molecular weight excluding hydrogens is 913 g/mol. The van der Waals surface area contributed by atoms with Crippen LogP contribution in [0.3, 0.4) is 0 Å². The van der Waals surface area contributed by atoms with Gasteiger partial charge in [-0.25, -0.2) is 9.98 Å². The highest BCUT2D eigenvalue weighted by molar-refractivity contribution is 6.14. The number of hydrogen-bond donors (Lipinski definition) is 3. The van der Waals surface area contributed by atoms with Crippen LogP contribution >= 0.6 is 0 Å². The largest absolute Gasteiger partial charge is 0.399 e. The summed E-state index contributed by atoms with van der Waals surface area (Å²) in [4.78, 5) is 13.0. The summed E-state index contributed by atoms with van der Waals surface area (Å²) in [7, 11) is 0. The van der Waals surface area contributed by atoms with E-state index in [1.165, 1.54) is 44.1 Å². The van der Waals surface area contributed by atoms with Crippen molar-refractivity contribution in [2.75, 3.05) is 16.0 Å². The lowest BCUT2D eigenvalue weighted by molar-refractivity contribution is 0.543. The van der Waals surface area contributed by atoms with Crippen LogP contribution in [0.1, 0.15) is 36.7 Å². The van der Waals surface area contributed by atoms with Gasteiger partial charge < -0.3 is 21.3 Å². The molecule has 2 aliphatic heterocycles. The lowest BCUT2D eigenvalue weighted by Gasteiger charge is -2.30. The Labute approximate surface area is 438 Å². The van der Waals surface area contributed by atoms with Gasteiger partial charge in [-0.3, -0.25) is 0 Å². The second kappa shape index (κ2) is 19.2. The van der Waals surface area contributed by atoms with Crippen LogP contribution in [-0.4, -0.2) is 17.8 Å². The van der Waals surface area contributed by atoms with Crippen LogP contribution in [0.15, 0.2) is 259 Å². The number of hydrogen-bond acceptors (Lipinski definition) is 6. The number of nitrogens with one attached hydrogen (secondary N) is 2. The second-order valence-electron chi connectivity index (χ2n) is 19.9. The highest BCUT2D eigenvalue weighted by Crippen LogP contribution is 2.46. The van der Waals surface area contributed by atoms with E-state index in [2.05, 4.69) is 266 Å². The van der Waals surface area contributed by atoms with E-state index in [1.54, 1.807) is 0 Å². The average Bonchev–Trinajstić information content (AvgIpc) is 3.89. The molecule has 6 nitrogen and oxygen atoms in total. The number of anilines is 4. The molecule has 2 unspecified atom stereocenters. The molecule has 0 saturated carbocycles. The maximum atomic E-state index is 6.59. The molecule has 4 N–H and O–H groups in total. The predicted octanol–water partition coefficient (Wildman–Crippen LogP) is 17.0. The number of nitrogens with zero attached hydrogens (tertiary/aromatic N) is 3. The molecule has 0 amide bonds. The van der Waals surface area contributed by atoms with Crippen molar-refractivity contribution in [3.8, 4) is 55.6 Å². The molecule has 0 spiro atoms. The summed E-state index contributed by atoms with van der Waals surface area (Å²) < 4.78 is 0. The molecule has 0 radical (unpaired) electrons. The third-order valence-corrected chi connectivity index (χ3v) is 14.8. The van der Waals surface area contributed by atoms with E-state index in [9.17, 15) is 0 Å². The smallest absolute Gasteiger partial charge is 0.159 e. The zero-order valence-corrected chi connectivity index (χ0v) is 41.8. The minimum atomic E-state index is -0.367. The summed E-state index contributed by atoms with van der Waals surface area (Å²) in [5, 5.41) is 12.5. The van der Waals surface area contributed by atoms with Gasteiger partial charge >= 0.3 is 0 Å². The van der Waals surface area contributed by atoms with Crippen molar-refractivity contribution in [2.45, 2.75) is 26.2 Å². The SMILES string of the molecule is CC(C)C1Nc2cc(-c3cccc4ccccc34)ccc2N1c1cccc(-c2cc(N)ccc2-c2ccc(-c3cccc(C4=NC(c5ccc(-c6ccccc6)c6ccccc56)NC(c5ccccc5)=N4)c3)cc2)c1. The van der Waals surface area contributed by atoms with Crippen molar-refractivity contribution in [2.24, 2.45) is 15.9 Å². The molecule has 2 atom stereocenters. The first-order valence-electron chi connectivity index (χ1n) is 25.8. The predicted molar refractivity (Wildman–Crippen MR) is 316 cm³/mol. The van der Waals surface area contributed by atoms with Crippen LogP contribution in [0.4, 0.5) is 22.7 Å². The molecule has 0 aromatic heterocycles. The van der Waals surface area contributed by atoms with Gasteiger partial charge in [0.25, 0.3) is 0 Å². The zero-order valence-electron chi connectivity index (χ0n) is 41.8. The Morgan fingerprint density at radius 3 is 1.84 bits per heavy atom. The third-order valence-electron chi connectivity index (χ3n) is 14.8. The quantitative estimate of drug-likeness (QED) is 0.119. The first-order valence-corrected chi connectivity index (χ1v) is 25.8. The average molecular weight is 967 g/mol. The molecule has 6 heteroatoms. The van der Waals surface area contributed by atoms with E-state index in [0.717, 1.165) is 78.4 Å². The Balaban J connectivity index is 0.816. The van der Waals surface area contributed by atoms with Gasteiger partial charge in [-0.05, 0) is 126 Å². The summed E-state index contributed by atoms with van der Waals surface area (Å²) in [6, 6.07) is 88.6. The number of nitrogen functional groups attached to an aromatic ring is 1. The van der Waals surface area contributed by atoms with Crippen LogP contribution in [0.5, 0.6) is 0 Å². The van der Waals surface area contributed by atoms with Gasteiger partial charge in [-0.1, -0.05) is 220 Å². The standard InChI is InChI=1S/C69H54N6/c1-44(2)69-71-64-42-52(57-29-15-21-47-18-9-10-26-56(47)57)34-39-65(64)75(69)55-25-14-23-51(41-55)63-43-54(70)35-36-59(63)48-32-30-45(31-33-48)50-22-13-24-53(40-50)67-72-66(49-19-7-4-8-20-49)73-68(74-67)62-38-37-58(46-16-5-3-6-17-46)60-27-11-12-28-61(60)62/h3-44,68-69,71H,70H2,1-2H3,(H,72,73,74). The monoisotopic (exact) mass is 966 g/mol. The number of aliphatic imine (C=N–C) groups is 2. The van der Waals surface area contributed by atoms with Gasteiger partial charge in [0.15, 0.2) is 5.84 Å². The summed E-state index contributed by atoms with van der Waals surface area (Å²) in [6.07, 6.45) is -0.294. The Morgan fingerprint density at radius 1 is 0.427 bits per heavy atom. The van der Waals surface area contributed by atoms with Crippen LogP contribution < -0.4 is 21.3 Å². The Hall–Kier alpha value is -9.52. The minimum Gasteiger partial charge on any atom is -0.399 e. The van der Waals surface area contributed by atoms with Crippen molar-refractivity contribution in [1.82, 2.24) is 5.32 Å². The van der Waals surface area contributed by atoms with Gasteiger partial charge in [0.05, 0.1) is 11.4 Å². The van der Waals surface area contributed by atoms with Gasteiger partial charge in [-0.15, -0.1) is 0 Å². The molecule has 2 heterocycles. The van der Waals surface area contributed by atoms with Crippen LogP contribution in [0.25, 0.3) is 77.2 Å². The van der Waals surface area contributed by atoms with Crippen molar-refractivity contribution in [3.05, 3.63) is 265 Å². The molecule has 2 aliphatic rings. The maximum Gasteiger partial charge on any atom is 0.159 e. The van der Waals surface area contributed by atoms with E-state index in [1.807, 2.05) is 12.1 Å². The highest BCUT2D eigenvalue weighted by Gasteiger charge is 2.33. The van der Waals surface area contributed by atoms with Gasteiger partial charge in [0.2, 0.25) is 0 Å². The van der Waals surface area contributed by atoms with Crippen molar-refractivity contribution < 1.29 is 0 Å². The molecule has 0 aliphatic carbocycles. The van der Waals surface area contributed by atoms with Crippen molar-refractivity contribution in [3.63, 3.8) is 0 Å². The fraction of sp³-hybridized carbons (Fsp3) is 0.0725. The molecule has 11 aromatic carbocycles. The van der Waals surface area contributed by atoms with Crippen molar-refractivity contribution >= 4 is 56.0 Å². The number of benzene rings is 11. The Bertz CT molecular complexity index is 4000. The molecule has 360 valence electrons. The lowest BCUT2D eigenvalue weighted by Crippen LogP contribution is -2.36. The minimum absolute atomic E-state index is 0.0725. The lowest BCUT2D eigenvalue weighted by atomic mass is 9.92. The van der Waals surface area contributed by atoms with E-state index in [4.69, 9.17) is 15.7 Å². The summed E-state index contributed by atoms with van der Waals surface area (Å²) in [5.74, 6) is 1.80. The van der Waals surface area contributed by atoms with Crippen LogP contribution in [0.2, 0.25) is 0 Å². The van der Waals surface area contributed by atoms with Crippen LogP contribution in [-0.2, 0) is 0 Å². The van der Waals surface area contributed by atoms with E-state index in [-0.39, 0.29) is 12.3 Å².